The molecule has 2 amide bonds. The Labute approximate surface area is 196 Å². The second-order valence-corrected chi connectivity index (χ2v) is 8.81. The standard InChI is InChI=1S/C24H39N3O6/c1-5-32-23(30)20(17-33-24(2,3)4)25-16-18-11-10-12-19(15-18)26-21(28)13-8-6-7-9-14-22(29)27-31/h10-12,15,20,25,31H,5-9,13-14,16-17H2,1-4H3,(H,26,28)(H,27,29)/t20-/m1/s1. The second-order valence-electron chi connectivity index (χ2n) is 8.81. The number of ether oxygens (including phenoxy) is 2. The summed E-state index contributed by atoms with van der Waals surface area (Å²) in [7, 11) is 0. The Hall–Kier alpha value is -2.49. The van der Waals surface area contributed by atoms with Crippen LogP contribution in [-0.4, -0.2) is 47.8 Å². The zero-order chi connectivity index (χ0) is 24.7. The summed E-state index contributed by atoms with van der Waals surface area (Å²) in [5, 5.41) is 14.5. The monoisotopic (exact) mass is 465 g/mol. The minimum Gasteiger partial charge on any atom is -0.465 e. The minimum absolute atomic E-state index is 0.0730. The van der Waals surface area contributed by atoms with Crippen molar-refractivity contribution in [3.63, 3.8) is 0 Å². The SMILES string of the molecule is CCOC(=O)[C@@H](COC(C)(C)C)NCc1cccc(NC(=O)CCCCCCC(=O)NO)c1. The van der Waals surface area contributed by atoms with E-state index >= 15 is 0 Å². The molecule has 186 valence electrons. The quantitative estimate of drug-likeness (QED) is 0.135. The van der Waals surface area contributed by atoms with Crippen molar-refractivity contribution in [1.29, 1.82) is 0 Å². The minimum atomic E-state index is -0.592. The number of nitrogens with one attached hydrogen (secondary N) is 3. The lowest BCUT2D eigenvalue weighted by Crippen LogP contribution is -2.43. The predicted molar refractivity (Wildman–Crippen MR) is 126 cm³/mol. The van der Waals surface area contributed by atoms with E-state index in [-0.39, 0.29) is 30.5 Å². The van der Waals surface area contributed by atoms with Crippen molar-refractivity contribution in [2.75, 3.05) is 18.5 Å². The number of hydrogen-bond donors (Lipinski definition) is 4. The summed E-state index contributed by atoms with van der Waals surface area (Å²) in [6, 6.07) is 6.86. The van der Waals surface area contributed by atoms with Gasteiger partial charge in [0.1, 0.15) is 6.04 Å². The fraction of sp³-hybridized carbons (Fsp3) is 0.625. The van der Waals surface area contributed by atoms with E-state index in [9.17, 15) is 14.4 Å². The first kappa shape index (κ1) is 28.5. The third-order valence-corrected chi connectivity index (χ3v) is 4.70. The van der Waals surface area contributed by atoms with Crippen LogP contribution in [0.25, 0.3) is 0 Å². The summed E-state index contributed by atoms with van der Waals surface area (Å²) >= 11 is 0. The molecule has 1 rings (SSSR count). The number of rotatable bonds is 15. The third-order valence-electron chi connectivity index (χ3n) is 4.70. The van der Waals surface area contributed by atoms with E-state index < -0.39 is 11.9 Å². The average molecular weight is 466 g/mol. The van der Waals surface area contributed by atoms with Crippen molar-refractivity contribution < 1.29 is 29.1 Å². The van der Waals surface area contributed by atoms with E-state index in [2.05, 4.69) is 10.6 Å². The maximum atomic E-state index is 12.3. The number of benzene rings is 1. The smallest absolute Gasteiger partial charge is 0.325 e. The number of anilines is 1. The van der Waals surface area contributed by atoms with Crippen LogP contribution in [-0.2, 0) is 30.4 Å². The molecule has 0 saturated heterocycles. The molecule has 33 heavy (non-hydrogen) atoms. The van der Waals surface area contributed by atoms with Crippen LogP contribution in [0.15, 0.2) is 24.3 Å². The predicted octanol–water partition coefficient (Wildman–Crippen LogP) is 3.31. The largest absolute Gasteiger partial charge is 0.465 e. The Morgan fingerprint density at radius 2 is 1.70 bits per heavy atom. The number of carbonyl (C=O) groups excluding carboxylic acids is 3. The Balaban J connectivity index is 2.48. The van der Waals surface area contributed by atoms with E-state index in [1.807, 2.05) is 45.0 Å². The van der Waals surface area contributed by atoms with Crippen molar-refractivity contribution >= 4 is 23.5 Å². The van der Waals surface area contributed by atoms with Gasteiger partial charge in [-0.1, -0.05) is 25.0 Å². The highest BCUT2D eigenvalue weighted by Crippen LogP contribution is 2.13. The Kier molecular flexibility index (Phi) is 13.3. The van der Waals surface area contributed by atoms with Gasteiger partial charge in [-0.2, -0.15) is 0 Å². The highest BCUT2D eigenvalue weighted by molar-refractivity contribution is 5.90. The highest BCUT2D eigenvalue weighted by atomic mass is 16.5. The van der Waals surface area contributed by atoms with Crippen molar-refractivity contribution in [2.24, 2.45) is 0 Å². The summed E-state index contributed by atoms with van der Waals surface area (Å²) in [5.41, 5.74) is 2.85. The normalized spacial score (nSPS) is 12.2. The van der Waals surface area contributed by atoms with Gasteiger partial charge in [-0.25, -0.2) is 5.48 Å². The van der Waals surface area contributed by atoms with Gasteiger partial charge in [-0.15, -0.1) is 0 Å². The van der Waals surface area contributed by atoms with Gasteiger partial charge in [0, 0.05) is 25.1 Å². The molecule has 0 bridgehead atoms. The molecule has 0 spiro atoms. The van der Waals surface area contributed by atoms with E-state index in [4.69, 9.17) is 14.7 Å². The highest BCUT2D eigenvalue weighted by Gasteiger charge is 2.22. The van der Waals surface area contributed by atoms with Crippen LogP contribution >= 0.6 is 0 Å². The number of esters is 1. The maximum absolute atomic E-state index is 12.3. The number of hydroxylamine groups is 1. The van der Waals surface area contributed by atoms with E-state index in [0.29, 0.717) is 31.7 Å². The van der Waals surface area contributed by atoms with E-state index in [0.717, 1.165) is 24.8 Å². The molecule has 0 saturated carbocycles. The molecular weight excluding hydrogens is 426 g/mol. The molecule has 1 aromatic carbocycles. The zero-order valence-electron chi connectivity index (χ0n) is 20.2. The van der Waals surface area contributed by atoms with Crippen LogP contribution < -0.4 is 16.1 Å². The molecule has 0 unspecified atom stereocenters. The maximum Gasteiger partial charge on any atom is 0.325 e. The van der Waals surface area contributed by atoms with E-state index in [1.165, 1.54) is 0 Å². The molecular formula is C24H39N3O6. The van der Waals surface area contributed by atoms with Crippen LogP contribution in [0.4, 0.5) is 5.69 Å². The first-order valence-electron chi connectivity index (χ1n) is 11.5. The van der Waals surface area contributed by atoms with Gasteiger partial charge in [0.25, 0.3) is 0 Å². The second kappa shape index (κ2) is 15.4. The van der Waals surface area contributed by atoms with Gasteiger partial charge < -0.3 is 14.8 Å². The summed E-state index contributed by atoms with van der Waals surface area (Å²) in [6.45, 7) is 8.46. The Bertz CT molecular complexity index is 748. The van der Waals surface area contributed by atoms with Crippen molar-refractivity contribution in [1.82, 2.24) is 10.8 Å². The molecule has 1 aromatic rings. The van der Waals surface area contributed by atoms with Gasteiger partial charge in [-0.05, 0) is 58.2 Å². The summed E-state index contributed by atoms with van der Waals surface area (Å²) < 4.78 is 10.9. The van der Waals surface area contributed by atoms with Crippen molar-refractivity contribution in [2.45, 2.75) is 84.4 Å². The zero-order valence-corrected chi connectivity index (χ0v) is 20.2. The summed E-state index contributed by atoms with van der Waals surface area (Å²) in [6.07, 6.45) is 3.73. The molecule has 0 heterocycles. The first-order valence-corrected chi connectivity index (χ1v) is 11.5. The first-order chi connectivity index (χ1) is 15.6. The van der Waals surface area contributed by atoms with Gasteiger partial charge in [-0.3, -0.25) is 24.9 Å². The molecule has 0 aliphatic carbocycles. The molecule has 0 fully saturated rings. The fourth-order valence-electron chi connectivity index (χ4n) is 2.99. The molecule has 1 atom stereocenters. The van der Waals surface area contributed by atoms with Crippen LogP contribution in [0.5, 0.6) is 0 Å². The lowest BCUT2D eigenvalue weighted by atomic mass is 10.1. The molecule has 0 aliphatic rings. The van der Waals surface area contributed by atoms with Crippen LogP contribution in [0, 0.1) is 0 Å². The van der Waals surface area contributed by atoms with Gasteiger partial charge in [0.15, 0.2) is 0 Å². The molecule has 4 N–H and O–H groups in total. The third kappa shape index (κ3) is 13.6. The van der Waals surface area contributed by atoms with Gasteiger partial charge in [0.2, 0.25) is 11.8 Å². The van der Waals surface area contributed by atoms with Gasteiger partial charge >= 0.3 is 5.97 Å². The molecule has 0 aliphatic heterocycles. The van der Waals surface area contributed by atoms with Crippen molar-refractivity contribution in [3.05, 3.63) is 29.8 Å². The Morgan fingerprint density at radius 1 is 1.03 bits per heavy atom. The lowest BCUT2D eigenvalue weighted by molar-refractivity contribution is -0.149. The molecule has 0 aromatic heterocycles. The molecule has 9 nitrogen and oxygen atoms in total. The Morgan fingerprint density at radius 3 is 2.30 bits per heavy atom. The number of unbranched alkanes of at least 4 members (excludes halogenated alkanes) is 3. The van der Waals surface area contributed by atoms with Crippen molar-refractivity contribution in [3.8, 4) is 0 Å². The summed E-state index contributed by atoms with van der Waals surface area (Å²) in [4.78, 5) is 35.4. The van der Waals surface area contributed by atoms with Crippen LogP contribution in [0.1, 0.15) is 71.8 Å². The topological polar surface area (TPSA) is 126 Å². The summed E-state index contributed by atoms with van der Waals surface area (Å²) in [5.74, 6) is -0.822. The lowest BCUT2D eigenvalue weighted by Gasteiger charge is -2.24. The van der Waals surface area contributed by atoms with Crippen LogP contribution in [0.2, 0.25) is 0 Å². The fourth-order valence-corrected chi connectivity index (χ4v) is 2.99. The molecule has 9 heteroatoms. The van der Waals surface area contributed by atoms with E-state index in [1.54, 1.807) is 12.4 Å². The van der Waals surface area contributed by atoms with Crippen LogP contribution in [0.3, 0.4) is 0 Å². The number of hydrogen-bond acceptors (Lipinski definition) is 7. The number of carbonyl (C=O) groups is 3. The molecule has 0 radical (unpaired) electrons. The van der Waals surface area contributed by atoms with Gasteiger partial charge in [0.05, 0.1) is 18.8 Å². The number of amides is 2. The average Bonchev–Trinajstić information content (AvgIpc) is 2.75.